The molecule has 1 aliphatic heterocycles. The molecule has 16 heavy (non-hydrogen) atoms. The number of rotatable bonds is 4. The van der Waals surface area contributed by atoms with E-state index in [4.69, 9.17) is 0 Å². The van der Waals surface area contributed by atoms with Crippen molar-refractivity contribution < 1.29 is 4.48 Å². The number of hydrogen-bond donors (Lipinski definition) is 0. The Kier molecular flexibility index (Phi) is 3.53. The molecule has 0 aromatic carbocycles. The topological polar surface area (TPSA) is 0 Å². The van der Waals surface area contributed by atoms with E-state index in [-0.39, 0.29) is 0 Å². The van der Waals surface area contributed by atoms with Gasteiger partial charge in [0.25, 0.3) is 0 Å². The Balaban J connectivity index is 1.97. The number of nitrogens with zero attached hydrogens (tertiary/aromatic N) is 1. The van der Waals surface area contributed by atoms with Crippen LogP contribution in [0.15, 0.2) is 25.3 Å². The van der Waals surface area contributed by atoms with Crippen molar-refractivity contribution in [1.82, 2.24) is 0 Å². The molecule has 2 fully saturated rings. The van der Waals surface area contributed by atoms with Crippen molar-refractivity contribution in [2.45, 2.75) is 25.7 Å². The summed E-state index contributed by atoms with van der Waals surface area (Å²) in [6.45, 7) is 12.1. The largest absolute Gasteiger partial charge is 0.326 e. The van der Waals surface area contributed by atoms with E-state index in [1.807, 2.05) is 0 Å². The van der Waals surface area contributed by atoms with Crippen molar-refractivity contribution in [1.29, 1.82) is 0 Å². The molecule has 1 nitrogen and oxygen atoms in total. The standard InChI is InChI=1S/C15H26N/c1-4-13-10-14(5-2)15(11-13)12-16(3)8-6-7-9-16/h4-5,13-15H,1-2,6-12H2,3H3/q+1. The van der Waals surface area contributed by atoms with Gasteiger partial charge in [-0.15, -0.1) is 13.2 Å². The smallest absolute Gasteiger partial charge is 0.0819 e. The lowest BCUT2D eigenvalue weighted by atomic mass is 9.95. The van der Waals surface area contributed by atoms with Crippen molar-refractivity contribution in [3.63, 3.8) is 0 Å². The third-order valence-corrected chi connectivity index (χ3v) is 4.74. The van der Waals surface area contributed by atoms with Gasteiger partial charge in [0.1, 0.15) is 0 Å². The first-order valence-corrected chi connectivity index (χ1v) is 6.75. The molecule has 1 heterocycles. The van der Waals surface area contributed by atoms with Gasteiger partial charge in [0.05, 0.1) is 26.7 Å². The monoisotopic (exact) mass is 220 g/mol. The van der Waals surface area contributed by atoms with Crippen LogP contribution in [-0.4, -0.2) is 31.2 Å². The van der Waals surface area contributed by atoms with Crippen molar-refractivity contribution in [2.75, 3.05) is 26.7 Å². The molecule has 1 saturated heterocycles. The zero-order valence-electron chi connectivity index (χ0n) is 10.7. The SMILES string of the molecule is C=CC1CC(C=C)C(C[N+]2(C)CCCC2)C1. The van der Waals surface area contributed by atoms with E-state index in [1.165, 1.54) is 49.8 Å². The van der Waals surface area contributed by atoms with Gasteiger partial charge in [-0.05, 0) is 24.7 Å². The molecule has 2 rings (SSSR count). The zero-order chi connectivity index (χ0) is 11.6. The fourth-order valence-corrected chi connectivity index (χ4v) is 3.74. The predicted octanol–water partition coefficient (Wildman–Crippen LogP) is 3.24. The van der Waals surface area contributed by atoms with Crippen LogP contribution in [0.25, 0.3) is 0 Å². The van der Waals surface area contributed by atoms with Gasteiger partial charge in [0.2, 0.25) is 0 Å². The molecule has 3 atom stereocenters. The molecule has 0 spiro atoms. The maximum absolute atomic E-state index is 4.02. The first-order chi connectivity index (χ1) is 7.67. The normalized spacial score (nSPS) is 37.4. The number of allylic oxidation sites excluding steroid dienone is 2. The molecule has 0 radical (unpaired) electrons. The Morgan fingerprint density at radius 1 is 1.12 bits per heavy atom. The van der Waals surface area contributed by atoms with Crippen LogP contribution in [0, 0.1) is 17.8 Å². The fourth-order valence-electron chi connectivity index (χ4n) is 3.74. The third kappa shape index (κ3) is 2.40. The molecule has 1 heteroatoms. The van der Waals surface area contributed by atoms with Gasteiger partial charge in [-0.25, -0.2) is 0 Å². The van der Waals surface area contributed by atoms with Crippen molar-refractivity contribution in [2.24, 2.45) is 17.8 Å². The molecule has 0 aromatic heterocycles. The van der Waals surface area contributed by atoms with Crippen LogP contribution in [0.4, 0.5) is 0 Å². The van der Waals surface area contributed by atoms with Crippen LogP contribution in [0.5, 0.6) is 0 Å². The second kappa shape index (κ2) is 4.75. The Morgan fingerprint density at radius 2 is 1.81 bits per heavy atom. The van der Waals surface area contributed by atoms with Gasteiger partial charge in [-0.3, -0.25) is 0 Å². The highest BCUT2D eigenvalue weighted by Crippen LogP contribution is 2.39. The highest BCUT2D eigenvalue weighted by atomic mass is 15.3. The molecule has 1 saturated carbocycles. The van der Waals surface area contributed by atoms with E-state index in [0.29, 0.717) is 0 Å². The molecule has 0 amide bonds. The van der Waals surface area contributed by atoms with Gasteiger partial charge >= 0.3 is 0 Å². The van der Waals surface area contributed by atoms with Gasteiger partial charge < -0.3 is 4.48 Å². The van der Waals surface area contributed by atoms with Gasteiger partial charge in [0, 0.05) is 18.8 Å². The quantitative estimate of drug-likeness (QED) is 0.504. The Bertz CT molecular complexity index is 263. The maximum Gasteiger partial charge on any atom is 0.0819 e. The summed E-state index contributed by atoms with van der Waals surface area (Å²) in [6, 6.07) is 0. The summed E-state index contributed by atoms with van der Waals surface area (Å²) in [7, 11) is 2.44. The summed E-state index contributed by atoms with van der Waals surface area (Å²) in [5.74, 6) is 2.32. The summed E-state index contributed by atoms with van der Waals surface area (Å²) in [4.78, 5) is 0. The molecule has 0 bridgehead atoms. The molecule has 0 N–H and O–H groups in total. The fraction of sp³-hybridized carbons (Fsp3) is 0.733. The number of quaternary nitrogens is 1. The van der Waals surface area contributed by atoms with Crippen LogP contribution in [0.3, 0.4) is 0 Å². The predicted molar refractivity (Wildman–Crippen MR) is 70.1 cm³/mol. The molecule has 90 valence electrons. The lowest BCUT2D eigenvalue weighted by molar-refractivity contribution is -0.901. The minimum absolute atomic E-state index is 0.735. The minimum Gasteiger partial charge on any atom is -0.326 e. The van der Waals surface area contributed by atoms with E-state index in [1.54, 1.807) is 0 Å². The van der Waals surface area contributed by atoms with Crippen LogP contribution >= 0.6 is 0 Å². The summed E-state index contributed by atoms with van der Waals surface area (Å²) in [5.41, 5.74) is 0. The Labute approximate surface area is 100 Å². The molecule has 0 aromatic rings. The lowest BCUT2D eigenvalue weighted by Gasteiger charge is -2.33. The Morgan fingerprint density at radius 3 is 2.38 bits per heavy atom. The first-order valence-electron chi connectivity index (χ1n) is 6.75. The molecule has 1 aliphatic carbocycles. The second-order valence-electron chi connectivity index (χ2n) is 6.08. The molecule has 2 aliphatic rings. The zero-order valence-corrected chi connectivity index (χ0v) is 10.7. The van der Waals surface area contributed by atoms with E-state index < -0.39 is 0 Å². The first kappa shape index (κ1) is 11.9. The van der Waals surface area contributed by atoms with Gasteiger partial charge in [0.15, 0.2) is 0 Å². The number of hydrogen-bond acceptors (Lipinski definition) is 0. The van der Waals surface area contributed by atoms with Gasteiger partial charge in [-0.2, -0.15) is 0 Å². The highest BCUT2D eigenvalue weighted by Gasteiger charge is 2.37. The number of likely N-dealkylation sites (tertiary alicyclic amines) is 1. The average molecular weight is 220 g/mol. The third-order valence-electron chi connectivity index (χ3n) is 4.74. The van der Waals surface area contributed by atoms with E-state index >= 15 is 0 Å². The van der Waals surface area contributed by atoms with Crippen LogP contribution in [0.1, 0.15) is 25.7 Å². The lowest BCUT2D eigenvalue weighted by Crippen LogP contribution is -2.45. The van der Waals surface area contributed by atoms with E-state index in [0.717, 1.165) is 17.8 Å². The van der Waals surface area contributed by atoms with Crippen molar-refractivity contribution in [3.05, 3.63) is 25.3 Å². The Hall–Kier alpha value is -0.560. The van der Waals surface area contributed by atoms with Crippen LogP contribution < -0.4 is 0 Å². The summed E-state index contributed by atoms with van der Waals surface area (Å²) >= 11 is 0. The highest BCUT2D eigenvalue weighted by molar-refractivity contribution is 4.98. The van der Waals surface area contributed by atoms with Crippen molar-refractivity contribution in [3.8, 4) is 0 Å². The van der Waals surface area contributed by atoms with E-state index in [9.17, 15) is 0 Å². The summed E-state index contributed by atoms with van der Waals surface area (Å²) in [5, 5.41) is 0. The minimum atomic E-state index is 0.735. The molecular weight excluding hydrogens is 194 g/mol. The van der Waals surface area contributed by atoms with Gasteiger partial charge in [-0.1, -0.05) is 12.2 Å². The molecular formula is C15H26N+. The van der Waals surface area contributed by atoms with E-state index in [2.05, 4.69) is 32.4 Å². The van der Waals surface area contributed by atoms with Crippen LogP contribution in [0.2, 0.25) is 0 Å². The summed E-state index contributed by atoms with van der Waals surface area (Å²) in [6.07, 6.45) is 9.82. The molecule has 3 unspecified atom stereocenters. The maximum atomic E-state index is 4.02. The summed E-state index contributed by atoms with van der Waals surface area (Å²) < 4.78 is 1.30. The average Bonchev–Trinajstić information content (AvgIpc) is 2.85. The second-order valence-corrected chi connectivity index (χ2v) is 6.08. The van der Waals surface area contributed by atoms with Crippen molar-refractivity contribution >= 4 is 0 Å². The van der Waals surface area contributed by atoms with Crippen LogP contribution in [-0.2, 0) is 0 Å².